The van der Waals surface area contributed by atoms with Crippen LogP contribution in [0.4, 0.5) is 43.9 Å². The Labute approximate surface area is 537 Å². The van der Waals surface area contributed by atoms with Crippen LogP contribution in [-0.2, 0) is 25.2 Å². The fourth-order valence-corrected chi connectivity index (χ4v) is 14.9. The van der Waals surface area contributed by atoms with Crippen LogP contribution in [0.5, 0.6) is 0 Å². The Morgan fingerprint density at radius 3 is 2.03 bits per heavy atom. The van der Waals surface area contributed by atoms with Crippen molar-refractivity contribution in [2.75, 3.05) is 52.9 Å². The van der Waals surface area contributed by atoms with E-state index in [-0.39, 0.29) is 85.6 Å². The van der Waals surface area contributed by atoms with Gasteiger partial charge < -0.3 is 41.3 Å². The van der Waals surface area contributed by atoms with Crippen molar-refractivity contribution in [2.45, 2.75) is 251 Å². The molecule has 0 bridgehead atoms. The molecule has 0 radical (unpaired) electrons. The molecule has 21 heteroatoms. The molecule has 11 atom stereocenters. The van der Waals surface area contributed by atoms with Crippen molar-refractivity contribution in [3.05, 3.63) is 106 Å². The Morgan fingerprint density at radius 2 is 1.43 bits per heavy atom. The molecule has 514 valence electrons. The highest BCUT2D eigenvalue weighted by molar-refractivity contribution is 5.85. The summed E-state index contributed by atoms with van der Waals surface area (Å²) in [7, 11) is 1.76. The minimum atomic E-state index is -5.25. The summed E-state index contributed by atoms with van der Waals surface area (Å²) in [6, 6.07) is 4.97. The van der Waals surface area contributed by atoms with Crippen molar-refractivity contribution in [1.82, 2.24) is 51.5 Å². The van der Waals surface area contributed by atoms with E-state index in [2.05, 4.69) is 127 Å². The SMILES string of the molecule is CC[C@H](C)[C@H]1CN[C@@H](CC(C)C)C(C)NCC2[C@H](C)C(C)N2[C@@H](C2CCCC2)C(C)NC2(CCC2)CNCC(F)(F)NCCC(CCc2cc(F)c(C(F)(F)F)c(F)c2)=NC=CN(C)C=C(Cc2ccc(C(F)(F)F)cc2)N(CC)C=C2CCCN2[C@@H](C)C(C)N1. The molecule has 5 unspecified atom stereocenters. The number of allylic oxidation sites excluding steroid dienone is 2. The third-order valence-corrected chi connectivity index (χ3v) is 20.9. The van der Waals surface area contributed by atoms with Gasteiger partial charge in [0.15, 0.2) is 0 Å². The van der Waals surface area contributed by atoms with Crippen LogP contribution < -0.4 is 31.9 Å². The second-order valence-electron chi connectivity index (χ2n) is 28.0. The Bertz CT molecular complexity index is 2680. The normalized spacial score (nSPS) is 29.4. The Balaban J connectivity index is 1.22. The van der Waals surface area contributed by atoms with Gasteiger partial charge in [-0.05, 0) is 171 Å². The van der Waals surface area contributed by atoms with E-state index >= 15 is 8.78 Å². The number of aryl methyl sites for hydroxylation is 1. The lowest BCUT2D eigenvalue weighted by Crippen LogP contribution is -2.74. The summed E-state index contributed by atoms with van der Waals surface area (Å²) in [5.74, 6) is -1.63. The number of fused-ring (bicyclic) bond motifs is 2. The summed E-state index contributed by atoms with van der Waals surface area (Å²) >= 11 is 0. The topological polar surface area (TPSA) is 97.5 Å². The highest BCUT2D eigenvalue weighted by atomic mass is 19.4. The monoisotopic (exact) mass is 1290 g/mol. The second kappa shape index (κ2) is 32.9. The molecular formula is C70H109F10N11. The van der Waals surface area contributed by atoms with Crippen molar-refractivity contribution < 1.29 is 43.9 Å². The molecule has 6 N–H and O–H groups in total. The molecule has 11 nitrogen and oxygen atoms in total. The lowest BCUT2D eigenvalue weighted by Gasteiger charge is -2.60. The smallest absolute Gasteiger partial charge is 0.369 e. The third kappa shape index (κ3) is 20.4. The molecule has 0 aromatic heterocycles. The zero-order valence-corrected chi connectivity index (χ0v) is 56.4. The van der Waals surface area contributed by atoms with E-state index in [1.54, 1.807) is 18.1 Å². The van der Waals surface area contributed by atoms with E-state index in [0.29, 0.717) is 72.3 Å². The average Bonchev–Trinajstić information content (AvgIpc) is 1.37. The molecule has 2 aromatic carbocycles. The first-order chi connectivity index (χ1) is 42.9. The zero-order valence-electron chi connectivity index (χ0n) is 56.4. The third-order valence-electron chi connectivity index (χ3n) is 20.9. The first-order valence-corrected chi connectivity index (χ1v) is 34.1. The molecule has 0 amide bonds. The minimum absolute atomic E-state index is 0.0211. The van der Waals surface area contributed by atoms with Crippen LogP contribution in [0.25, 0.3) is 0 Å². The summed E-state index contributed by atoms with van der Waals surface area (Å²) in [4.78, 5) is 13.8. The highest BCUT2D eigenvalue weighted by Gasteiger charge is 2.51. The van der Waals surface area contributed by atoms with Crippen molar-refractivity contribution >= 4 is 5.71 Å². The number of hydrogen-bond acceptors (Lipinski definition) is 11. The Hall–Kier alpha value is -4.25. The molecule has 3 aliphatic heterocycles. The largest absolute Gasteiger partial charge is 0.422 e. The van der Waals surface area contributed by atoms with Crippen LogP contribution in [0.15, 0.2) is 77.6 Å². The molecular weight excluding hydrogens is 1180 g/mol. The quantitative estimate of drug-likeness (QED) is 0.0965. The molecule has 2 saturated heterocycles. The number of hydrogen-bond donors (Lipinski definition) is 6. The summed E-state index contributed by atoms with van der Waals surface area (Å²) in [6.45, 7) is 27.7. The summed E-state index contributed by atoms with van der Waals surface area (Å²) in [6.07, 6.45) is 8.70. The lowest BCUT2D eigenvalue weighted by molar-refractivity contribution is -0.142. The molecule has 4 fully saturated rings. The molecule has 2 aromatic rings. The maximum Gasteiger partial charge on any atom is 0.422 e. The minimum Gasteiger partial charge on any atom is -0.369 e. The number of rotatable bonds is 11. The average molecular weight is 1290 g/mol. The maximum atomic E-state index is 16.0. The van der Waals surface area contributed by atoms with E-state index in [1.807, 2.05) is 13.1 Å². The number of likely N-dealkylation sites (N-methyl/N-ethyl adjacent to an activating group) is 1. The van der Waals surface area contributed by atoms with Crippen molar-refractivity contribution in [2.24, 2.45) is 28.7 Å². The standard InChI is InChI=1S/C70H109F10N11/c1-13-46(5)63-39-84-62(35-45(3)4)49(8)83-40-64-47(6)51(10)91(64)66(55-19-15-16-20-55)50(9)87-67(29-18-30-67)43-81-44-68(73,74)85-31-28-57(27-24-54-37-60(71)65(61(72)38-54)70(78,79)80)82-32-34-88(12)41-59(36-53-22-25-56(26-23-53)69(75,76)77)89(14-2)42-58-21-17-33-90(58)52(11)48(7)86-63/h22-23,25-26,32,34,37-38,41-42,45-52,55,62-64,66,81,83-87H,13-21,24,27-31,33,35-36,39-40,43-44H2,1-12H3/t46-,47+,48?,49?,50?,51?,52-,62-,63+,64?,66+/m0/s1. The molecule has 91 heavy (non-hydrogen) atoms. The number of alkyl halides is 8. The Morgan fingerprint density at radius 1 is 0.747 bits per heavy atom. The van der Waals surface area contributed by atoms with Gasteiger partial charge in [0, 0.05) is 155 Å². The van der Waals surface area contributed by atoms with E-state index in [9.17, 15) is 35.1 Å². The van der Waals surface area contributed by atoms with E-state index in [4.69, 9.17) is 0 Å². The molecule has 2 saturated carbocycles. The maximum absolute atomic E-state index is 16.0. The van der Waals surface area contributed by atoms with E-state index in [0.717, 1.165) is 88.1 Å². The van der Waals surface area contributed by atoms with Crippen LogP contribution in [0.2, 0.25) is 0 Å². The van der Waals surface area contributed by atoms with Crippen LogP contribution in [0.1, 0.15) is 182 Å². The Kier molecular flexibility index (Phi) is 26.8. The first kappa shape index (κ1) is 74.1. The van der Waals surface area contributed by atoms with Crippen molar-refractivity contribution in [1.29, 1.82) is 0 Å². The van der Waals surface area contributed by atoms with Gasteiger partial charge in [0.25, 0.3) is 0 Å². The van der Waals surface area contributed by atoms with Gasteiger partial charge >= 0.3 is 18.4 Å². The predicted octanol–water partition coefficient (Wildman–Crippen LogP) is 14.2. The van der Waals surface area contributed by atoms with E-state index < -0.39 is 47.7 Å². The highest BCUT2D eigenvalue weighted by Crippen LogP contribution is 2.43. The fraction of sp³-hybridized carbons (Fsp3) is 0.729. The van der Waals surface area contributed by atoms with Gasteiger partial charge in [0.05, 0.1) is 12.1 Å². The molecule has 7 rings (SSSR count). The van der Waals surface area contributed by atoms with Gasteiger partial charge in [0.2, 0.25) is 0 Å². The molecule has 1 spiro atoms. The van der Waals surface area contributed by atoms with Gasteiger partial charge in [-0.2, -0.15) is 35.1 Å². The number of nitrogens with zero attached hydrogens (tertiary/aromatic N) is 5. The van der Waals surface area contributed by atoms with Gasteiger partial charge in [0.1, 0.15) is 17.2 Å². The number of aliphatic imine (C=N–C) groups is 1. The summed E-state index contributed by atoms with van der Waals surface area (Å²) in [5.41, 5.74) is -0.265. The first-order valence-electron chi connectivity index (χ1n) is 34.1. The summed E-state index contributed by atoms with van der Waals surface area (Å²) < 4.78 is 143. The van der Waals surface area contributed by atoms with Crippen molar-refractivity contribution in [3.63, 3.8) is 0 Å². The van der Waals surface area contributed by atoms with Crippen LogP contribution in [-0.4, -0.2) is 144 Å². The predicted molar refractivity (Wildman–Crippen MR) is 347 cm³/mol. The van der Waals surface area contributed by atoms with Gasteiger partial charge in [-0.15, -0.1) is 0 Å². The number of halogens is 10. The zero-order chi connectivity index (χ0) is 66.6. The number of nitrogens with one attached hydrogen (secondary N) is 6. The molecule has 2 aliphatic carbocycles. The van der Waals surface area contributed by atoms with Gasteiger partial charge in [-0.1, -0.05) is 66.0 Å². The van der Waals surface area contributed by atoms with Crippen molar-refractivity contribution in [3.8, 4) is 0 Å². The van der Waals surface area contributed by atoms with Crippen LogP contribution in [0, 0.1) is 35.3 Å². The van der Waals surface area contributed by atoms with Crippen LogP contribution in [0.3, 0.4) is 0 Å². The second-order valence-corrected chi connectivity index (χ2v) is 28.0. The van der Waals surface area contributed by atoms with Gasteiger partial charge in [-0.25, -0.2) is 8.78 Å². The number of benzene rings is 2. The molecule has 3 heterocycles. The van der Waals surface area contributed by atoms with E-state index in [1.165, 1.54) is 44.0 Å². The lowest BCUT2D eigenvalue weighted by atomic mass is 9.73. The van der Waals surface area contributed by atoms with Crippen LogP contribution >= 0.6 is 0 Å². The fourth-order valence-electron chi connectivity index (χ4n) is 14.9. The molecule has 5 aliphatic rings. The van der Waals surface area contributed by atoms with Gasteiger partial charge in [-0.3, -0.25) is 15.2 Å². The summed E-state index contributed by atoms with van der Waals surface area (Å²) in [5, 5.41) is 21.9.